The Labute approximate surface area is 249 Å². The fourth-order valence-electron chi connectivity index (χ4n) is 5.44. The minimum Gasteiger partial charge on any atom is -0.467 e. The lowest BCUT2D eigenvalue weighted by Gasteiger charge is -2.50. The topological polar surface area (TPSA) is 145 Å². The normalized spacial score (nSPS) is 35.7. The van der Waals surface area contributed by atoms with Crippen LogP contribution in [0.2, 0.25) is 0 Å². The van der Waals surface area contributed by atoms with Crippen molar-refractivity contribution >= 4 is 17.9 Å². The first kappa shape index (κ1) is 31.0. The van der Waals surface area contributed by atoms with Gasteiger partial charge in [-0.25, -0.2) is 14.4 Å². The lowest BCUT2D eigenvalue weighted by molar-refractivity contribution is -0.357. The molecule has 2 aromatic rings. The molecule has 3 aliphatic rings. The Morgan fingerprint density at radius 1 is 0.791 bits per heavy atom. The maximum absolute atomic E-state index is 13.3. The third-order valence-corrected chi connectivity index (χ3v) is 7.93. The van der Waals surface area contributed by atoms with Crippen LogP contribution in [0.25, 0.3) is 0 Å². The number of carbonyl (C=O) groups is 3. The second-order valence-corrected chi connectivity index (χ2v) is 10.8. The van der Waals surface area contributed by atoms with Crippen LogP contribution in [0.3, 0.4) is 0 Å². The minimum absolute atomic E-state index is 0.181. The number of ether oxygens (including phenoxy) is 8. The Bertz CT molecular complexity index is 1260. The van der Waals surface area contributed by atoms with Crippen LogP contribution in [-0.4, -0.2) is 98.1 Å². The molecule has 3 fully saturated rings. The lowest BCUT2D eigenvalue weighted by atomic mass is 9.88. The van der Waals surface area contributed by atoms with Gasteiger partial charge in [-0.05, 0) is 38.1 Å². The highest BCUT2D eigenvalue weighted by molar-refractivity contribution is 5.90. The third kappa shape index (κ3) is 6.74. The van der Waals surface area contributed by atoms with Gasteiger partial charge in [0.1, 0.15) is 18.3 Å². The van der Waals surface area contributed by atoms with Gasteiger partial charge in [0, 0.05) is 5.92 Å². The number of rotatable bonds is 7. The summed E-state index contributed by atoms with van der Waals surface area (Å²) >= 11 is 0. The predicted octanol–water partition coefficient (Wildman–Crippen LogP) is 2.27. The molecule has 0 aliphatic carbocycles. The van der Waals surface area contributed by atoms with Gasteiger partial charge in [-0.15, -0.1) is 0 Å². The number of esters is 3. The Balaban J connectivity index is 1.51. The number of aliphatic hydroxyl groups is 1. The number of carbonyl (C=O) groups excluding carboxylic acids is 3. The number of fused-ring (bicyclic) bond motifs is 1. The molecular weight excluding hydrogens is 564 g/mol. The van der Waals surface area contributed by atoms with Crippen LogP contribution >= 0.6 is 0 Å². The Morgan fingerprint density at radius 2 is 1.37 bits per heavy atom. The molecule has 232 valence electrons. The molecule has 0 spiro atoms. The predicted molar refractivity (Wildman–Crippen MR) is 147 cm³/mol. The first-order chi connectivity index (χ1) is 20.7. The summed E-state index contributed by atoms with van der Waals surface area (Å²) in [5.74, 6) is -2.79. The zero-order valence-electron chi connectivity index (χ0n) is 24.3. The molecule has 3 heterocycles. The van der Waals surface area contributed by atoms with E-state index in [0.717, 1.165) is 7.11 Å². The van der Waals surface area contributed by atoms with Crippen LogP contribution < -0.4 is 0 Å². The van der Waals surface area contributed by atoms with E-state index in [1.165, 1.54) is 12.1 Å². The number of hydrogen-bond donors (Lipinski definition) is 1. The van der Waals surface area contributed by atoms with Crippen LogP contribution in [0.15, 0.2) is 60.7 Å². The van der Waals surface area contributed by atoms with Crippen molar-refractivity contribution in [3.8, 4) is 0 Å². The van der Waals surface area contributed by atoms with E-state index < -0.39 is 73.2 Å². The molecule has 0 saturated carbocycles. The first-order valence-corrected chi connectivity index (χ1v) is 14.2. The molecule has 2 aromatic carbocycles. The van der Waals surface area contributed by atoms with E-state index in [2.05, 4.69) is 0 Å². The van der Waals surface area contributed by atoms with Crippen LogP contribution in [0, 0.1) is 5.92 Å². The van der Waals surface area contributed by atoms with E-state index in [0.29, 0.717) is 0 Å². The summed E-state index contributed by atoms with van der Waals surface area (Å²) in [4.78, 5) is 39.3. The number of aliphatic hydroxyl groups excluding tert-OH is 1. The molecule has 3 aliphatic heterocycles. The van der Waals surface area contributed by atoms with Gasteiger partial charge < -0.3 is 43.0 Å². The van der Waals surface area contributed by atoms with Crippen molar-refractivity contribution in [2.45, 2.75) is 82.2 Å². The van der Waals surface area contributed by atoms with Crippen LogP contribution in [0.5, 0.6) is 0 Å². The Kier molecular flexibility index (Phi) is 9.75. The fourth-order valence-corrected chi connectivity index (χ4v) is 5.44. The molecule has 11 atom stereocenters. The van der Waals surface area contributed by atoms with Crippen LogP contribution in [-0.2, 0) is 42.7 Å². The molecule has 0 amide bonds. The lowest BCUT2D eigenvalue weighted by Crippen LogP contribution is -2.66. The third-order valence-electron chi connectivity index (χ3n) is 7.93. The summed E-state index contributed by atoms with van der Waals surface area (Å²) < 4.78 is 46.7. The average Bonchev–Trinajstić information content (AvgIpc) is 3.02. The van der Waals surface area contributed by atoms with Crippen molar-refractivity contribution in [1.82, 2.24) is 0 Å². The summed E-state index contributed by atoms with van der Waals surface area (Å²) in [6, 6.07) is 16.2. The molecule has 3 saturated heterocycles. The fraction of sp³-hybridized carbons (Fsp3) is 0.516. The SMILES string of the molecule is COC(=O)C1O[C@@H](O[C@@H]2C(C)[C@H](C)OC3COC(C)O[C@@H]32)C(OC(=O)c2ccccc2)[C@@H](OC(=O)c2ccccc2)[C@H]1O. The quantitative estimate of drug-likeness (QED) is 0.368. The molecule has 5 unspecified atom stereocenters. The Hall–Kier alpha value is -3.39. The van der Waals surface area contributed by atoms with Gasteiger partial charge in [-0.2, -0.15) is 0 Å². The minimum atomic E-state index is -1.77. The molecule has 5 rings (SSSR count). The van der Waals surface area contributed by atoms with E-state index in [-0.39, 0.29) is 29.8 Å². The van der Waals surface area contributed by atoms with Crippen molar-refractivity contribution in [3.63, 3.8) is 0 Å². The first-order valence-electron chi connectivity index (χ1n) is 14.2. The van der Waals surface area contributed by atoms with Crippen molar-refractivity contribution in [1.29, 1.82) is 0 Å². The van der Waals surface area contributed by atoms with Crippen molar-refractivity contribution in [2.24, 2.45) is 5.92 Å². The van der Waals surface area contributed by atoms with Crippen molar-refractivity contribution in [2.75, 3.05) is 13.7 Å². The average molecular weight is 601 g/mol. The van der Waals surface area contributed by atoms with Gasteiger partial charge >= 0.3 is 17.9 Å². The van der Waals surface area contributed by atoms with E-state index >= 15 is 0 Å². The molecular formula is C31H36O12. The summed E-state index contributed by atoms with van der Waals surface area (Å²) in [5.41, 5.74) is 0.384. The molecule has 0 radical (unpaired) electrons. The molecule has 0 aromatic heterocycles. The van der Waals surface area contributed by atoms with Gasteiger partial charge in [0.2, 0.25) is 0 Å². The van der Waals surface area contributed by atoms with Crippen LogP contribution in [0.4, 0.5) is 0 Å². The zero-order valence-corrected chi connectivity index (χ0v) is 24.3. The van der Waals surface area contributed by atoms with Gasteiger partial charge in [0.05, 0.1) is 37.1 Å². The molecule has 1 N–H and O–H groups in total. The van der Waals surface area contributed by atoms with Gasteiger partial charge in [-0.1, -0.05) is 43.3 Å². The second-order valence-electron chi connectivity index (χ2n) is 10.8. The van der Waals surface area contributed by atoms with E-state index in [1.807, 2.05) is 13.8 Å². The van der Waals surface area contributed by atoms with Crippen molar-refractivity contribution in [3.05, 3.63) is 71.8 Å². The Morgan fingerprint density at radius 3 is 1.95 bits per heavy atom. The molecule has 0 bridgehead atoms. The highest BCUT2D eigenvalue weighted by atomic mass is 16.8. The summed E-state index contributed by atoms with van der Waals surface area (Å²) in [6.45, 7) is 5.81. The molecule has 43 heavy (non-hydrogen) atoms. The van der Waals surface area contributed by atoms with E-state index in [1.54, 1.807) is 55.5 Å². The summed E-state index contributed by atoms with van der Waals surface area (Å²) in [7, 11) is 1.13. The highest BCUT2D eigenvalue weighted by Crippen LogP contribution is 2.37. The maximum atomic E-state index is 13.3. The zero-order chi connectivity index (χ0) is 30.7. The maximum Gasteiger partial charge on any atom is 0.338 e. The van der Waals surface area contributed by atoms with Gasteiger partial charge in [0.15, 0.2) is 30.9 Å². The van der Waals surface area contributed by atoms with Crippen LogP contribution in [0.1, 0.15) is 41.5 Å². The monoisotopic (exact) mass is 600 g/mol. The van der Waals surface area contributed by atoms with Gasteiger partial charge in [0.25, 0.3) is 0 Å². The largest absolute Gasteiger partial charge is 0.467 e. The molecule has 12 nitrogen and oxygen atoms in total. The standard InChI is InChI=1S/C31H36O12/c1-16-17(2)38-21-15-37-18(3)39-24(21)23(16)42-31-27(41-29(34)20-13-9-6-10-14-20)25(22(32)26(43-31)30(35)36-4)40-28(33)19-11-7-5-8-12-19/h5-14,16-18,21-27,31-32H,15H2,1-4H3/t16?,17-,18?,21?,22+,23+,24-,25-,26?,27?,31+/m0/s1. The van der Waals surface area contributed by atoms with Crippen molar-refractivity contribution < 1.29 is 57.4 Å². The summed E-state index contributed by atoms with van der Waals surface area (Å²) in [6.07, 6.45) is -10.6. The number of hydrogen-bond acceptors (Lipinski definition) is 12. The van der Waals surface area contributed by atoms with Gasteiger partial charge in [-0.3, -0.25) is 0 Å². The highest BCUT2D eigenvalue weighted by Gasteiger charge is 2.56. The number of benzene rings is 2. The van der Waals surface area contributed by atoms with E-state index in [4.69, 9.17) is 37.9 Å². The number of methoxy groups -OCH3 is 1. The van der Waals surface area contributed by atoms with E-state index in [9.17, 15) is 19.5 Å². The molecule has 12 heteroatoms. The second kappa shape index (κ2) is 13.5. The smallest absolute Gasteiger partial charge is 0.338 e. The summed E-state index contributed by atoms with van der Waals surface area (Å²) in [5, 5.41) is 11.3.